The molecule has 0 radical (unpaired) electrons. The first kappa shape index (κ1) is 17.4. The molecule has 1 aromatic carbocycles. The van der Waals surface area contributed by atoms with Gasteiger partial charge < -0.3 is 4.42 Å². The van der Waals surface area contributed by atoms with E-state index in [9.17, 15) is 0 Å². The lowest BCUT2D eigenvalue weighted by atomic mass is 10.0. The van der Waals surface area contributed by atoms with Crippen LogP contribution in [0.4, 0.5) is 0 Å². The van der Waals surface area contributed by atoms with Crippen LogP contribution in [-0.2, 0) is 12.8 Å². The summed E-state index contributed by atoms with van der Waals surface area (Å²) in [6, 6.07) is 8.36. The second-order valence-electron chi connectivity index (χ2n) is 5.76. The molecular formula is C19H24Cl2O. The van der Waals surface area contributed by atoms with Crippen molar-refractivity contribution in [2.45, 2.75) is 52.4 Å². The van der Waals surface area contributed by atoms with Crippen LogP contribution in [0.3, 0.4) is 0 Å². The fraction of sp³-hybridized carbons (Fsp3) is 0.474. The Balaban J connectivity index is 2.25. The van der Waals surface area contributed by atoms with Gasteiger partial charge in [-0.25, -0.2) is 0 Å². The normalized spacial score (nSPS) is 11.1. The Hall–Kier alpha value is -0.920. The molecule has 0 spiro atoms. The Morgan fingerprint density at radius 1 is 1.00 bits per heavy atom. The van der Waals surface area contributed by atoms with E-state index in [1.807, 2.05) is 0 Å². The summed E-state index contributed by atoms with van der Waals surface area (Å²) in [6.45, 7) is 4.30. The summed E-state index contributed by atoms with van der Waals surface area (Å²) in [4.78, 5) is 0. The lowest BCUT2D eigenvalue weighted by Gasteiger charge is -2.02. The van der Waals surface area contributed by atoms with Gasteiger partial charge in [-0.3, -0.25) is 0 Å². The zero-order chi connectivity index (χ0) is 15.9. The van der Waals surface area contributed by atoms with Crippen molar-refractivity contribution in [3.05, 3.63) is 46.2 Å². The van der Waals surface area contributed by atoms with Gasteiger partial charge in [-0.1, -0.05) is 67.6 Å². The highest BCUT2D eigenvalue weighted by Gasteiger charge is 2.19. The van der Waals surface area contributed by atoms with Crippen molar-refractivity contribution < 1.29 is 4.42 Å². The van der Waals surface area contributed by atoms with Crippen molar-refractivity contribution >= 4 is 23.2 Å². The SMILES string of the molecule is CCCCCCc1oc(-c2ccc(C)cc2)c(CCCl)c1Cl. The third-order valence-electron chi connectivity index (χ3n) is 3.92. The molecule has 22 heavy (non-hydrogen) atoms. The molecule has 0 saturated heterocycles. The Morgan fingerprint density at radius 3 is 2.36 bits per heavy atom. The number of furan rings is 1. The molecular weight excluding hydrogens is 315 g/mol. The average molecular weight is 339 g/mol. The average Bonchev–Trinajstić information content (AvgIpc) is 2.82. The van der Waals surface area contributed by atoms with Gasteiger partial charge in [0.25, 0.3) is 0 Å². The highest BCUT2D eigenvalue weighted by molar-refractivity contribution is 6.32. The molecule has 0 atom stereocenters. The van der Waals surface area contributed by atoms with Crippen LogP contribution in [0.5, 0.6) is 0 Å². The first-order chi connectivity index (χ1) is 10.7. The number of halogens is 2. The van der Waals surface area contributed by atoms with Crippen molar-refractivity contribution in [1.29, 1.82) is 0 Å². The summed E-state index contributed by atoms with van der Waals surface area (Å²) in [5, 5.41) is 0.771. The van der Waals surface area contributed by atoms with E-state index in [-0.39, 0.29) is 0 Å². The molecule has 0 saturated carbocycles. The predicted molar refractivity (Wildman–Crippen MR) is 96.2 cm³/mol. The number of hydrogen-bond acceptors (Lipinski definition) is 1. The van der Waals surface area contributed by atoms with Crippen LogP contribution in [0.1, 0.15) is 49.5 Å². The monoisotopic (exact) mass is 338 g/mol. The van der Waals surface area contributed by atoms with Crippen LogP contribution in [-0.4, -0.2) is 5.88 Å². The summed E-state index contributed by atoms with van der Waals surface area (Å²) in [7, 11) is 0. The van der Waals surface area contributed by atoms with Gasteiger partial charge in [0, 0.05) is 23.4 Å². The molecule has 0 N–H and O–H groups in total. The maximum Gasteiger partial charge on any atom is 0.139 e. The lowest BCUT2D eigenvalue weighted by Crippen LogP contribution is -1.89. The highest BCUT2D eigenvalue weighted by atomic mass is 35.5. The fourth-order valence-electron chi connectivity index (χ4n) is 2.63. The van der Waals surface area contributed by atoms with Gasteiger partial charge in [-0.05, 0) is 19.8 Å². The van der Waals surface area contributed by atoms with Gasteiger partial charge in [0.1, 0.15) is 11.5 Å². The van der Waals surface area contributed by atoms with Crippen LogP contribution < -0.4 is 0 Å². The minimum absolute atomic E-state index is 0.549. The van der Waals surface area contributed by atoms with Gasteiger partial charge in [0.05, 0.1) is 5.02 Å². The van der Waals surface area contributed by atoms with Crippen LogP contribution >= 0.6 is 23.2 Å². The van der Waals surface area contributed by atoms with Crippen molar-refractivity contribution in [3.8, 4) is 11.3 Å². The highest BCUT2D eigenvalue weighted by Crippen LogP contribution is 2.36. The molecule has 2 rings (SSSR count). The zero-order valence-corrected chi connectivity index (χ0v) is 14.9. The van der Waals surface area contributed by atoms with Crippen molar-refractivity contribution in [3.63, 3.8) is 0 Å². The minimum atomic E-state index is 0.549. The topological polar surface area (TPSA) is 13.1 Å². The summed E-state index contributed by atoms with van der Waals surface area (Å²) in [5.74, 6) is 2.34. The molecule has 0 aliphatic heterocycles. The van der Waals surface area contributed by atoms with Crippen LogP contribution in [0.25, 0.3) is 11.3 Å². The lowest BCUT2D eigenvalue weighted by molar-refractivity contribution is 0.505. The van der Waals surface area contributed by atoms with Crippen LogP contribution in [0, 0.1) is 6.92 Å². The summed E-state index contributed by atoms with van der Waals surface area (Å²) >= 11 is 12.5. The molecule has 0 unspecified atom stereocenters. The quantitative estimate of drug-likeness (QED) is 0.380. The van der Waals surface area contributed by atoms with E-state index in [0.29, 0.717) is 5.88 Å². The van der Waals surface area contributed by atoms with E-state index in [1.54, 1.807) is 0 Å². The predicted octanol–water partition coefficient (Wildman–Crippen LogP) is 6.81. The van der Waals surface area contributed by atoms with Crippen molar-refractivity contribution in [1.82, 2.24) is 0 Å². The number of benzene rings is 1. The van der Waals surface area contributed by atoms with Crippen molar-refractivity contribution in [2.24, 2.45) is 0 Å². The second-order valence-corrected chi connectivity index (χ2v) is 6.52. The van der Waals surface area contributed by atoms with E-state index in [1.165, 1.54) is 24.8 Å². The fourth-order valence-corrected chi connectivity index (χ4v) is 3.13. The Morgan fingerprint density at radius 2 is 1.73 bits per heavy atom. The first-order valence-corrected chi connectivity index (χ1v) is 9.01. The molecule has 120 valence electrons. The molecule has 1 heterocycles. The molecule has 1 aromatic heterocycles. The van der Waals surface area contributed by atoms with E-state index in [0.717, 1.165) is 46.9 Å². The number of unbranched alkanes of at least 4 members (excludes halogenated alkanes) is 3. The van der Waals surface area contributed by atoms with E-state index in [4.69, 9.17) is 27.6 Å². The summed E-state index contributed by atoms with van der Waals surface area (Å²) in [5.41, 5.74) is 3.36. The molecule has 1 nitrogen and oxygen atoms in total. The third-order valence-corrected chi connectivity index (χ3v) is 4.55. The second kappa shape index (κ2) is 8.64. The standard InChI is InChI=1S/C19H24Cl2O/c1-3-4-5-6-7-17-18(21)16(12-13-20)19(22-17)15-10-8-14(2)9-11-15/h8-11H,3-7,12-13H2,1-2H3. The molecule has 3 heteroatoms. The Kier molecular flexibility index (Phi) is 6.85. The van der Waals surface area contributed by atoms with Crippen molar-refractivity contribution in [2.75, 3.05) is 5.88 Å². The maximum atomic E-state index is 6.55. The van der Waals surface area contributed by atoms with Gasteiger partial charge in [0.15, 0.2) is 0 Å². The molecule has 0 fully saturated rings. The first-order valence-electron chi connectivity index (χ1n) is 8.10. The van der Waals surface area contributed by atoms with E-state index < -0.39 is 0 Å². The minimum Gasteiger partial charge on any atom is -0.459 e. The van der Waals surface area contributed by atoms with Crippen LogP contribution in [0.2, 0.25) is 5.02 Å². The number of alkyl halides is 1. The molecule has 0 aliphatic rings. The molecule has 0 bridgehead atoms. The summed E-state index contributed by atoms with van der Waals surface area (Å²) in [6.07, 6.45) is 6.48. The van der Waals surface area contributed by atoms with E-state index in [2.05, 4.69) is 38.1 Å². The smallest absolute Gasteiger partial charge is 0.139 e. The van der Waals surface area contributed by atoms with Gasteiger partial charge >= 0.3 is 0 Å². The van der Waals surface area contributed by atoms with Gasteiger partial charge in [-0.15, -0.1) is 11.6 Å². The number of aryl methyl sites for hydroxylation is 2. The Bertz CT molecular complexity index is 584. The van der Waals surface area contributed by atoms with Crippen LogP contribution in [0.15, 0.2) is 28.7 Å². The van der Waals surface area contributed by atoms with E-state index >= 15 is 0 Å². The largest absolute Gasteiger partial charge is 0.459 e. The molecule has 2 aromatic rings. The molecule has 0 aliphatic carbocycles. The third kappa shape index (κ3) is 4.30. The molecule has 0 amide bonds. The number of rotatable bonds is 8. The zero-order valence-electron chi connectivity index (χ0n) is 13.4. The van der Waals surface area contributed by atoms with Gasteiger partial charge in [-0.2, -0.15) is 0 Å². The number of hydrogen-bond donors (Lipinski definition) is 0. The summed E-state index contributed by atoms with van der Waals surface area (Å²) < 4.78 is 6.11. The van der Waals surface area contributed by atoms with Gasteiger partial charge in [0.2, 0.25) is 0 Å². The maximum absolute atomic E-state index is 6.55. The Labute approximate surface area is 143 Å².